The van der Waals surface area contributed by atoms with Crippen LogP contribution in [-0.4, -0.2) is 15.9 Å². The van der Waals surface area contributed by atoms with Gasteiger partial charge in [0.1, 0.15) is 6.33 Å². The van der Waals surface area contributed by atoms with E-state index < -0.39 is 17.6 Å². The normalized spacial score (nSPS) is 11.2. The van der Waals surface area contributed by atoms with E-state index in [2.05, 4.69) is 15.3 Å². The molecule has 0 fully saturated rings. The fourth-order valence-corrected chi connectivity index (χ4v) is 1.64. The monoisotopic (exact) mass is 281 g/mol. The van der Waals surface area contributed by atoms with Crippen molar-refractivity contribution in [2.45, 2.75) is 13.1 Å². The third-order valence-corrected chi connectivity index (χ3v) is 2.64. The second-order valence-electron chi connectivity index (χ2n) is 4.02. The molecule has 20 heavy (non-hydrogen) atoms. The Hall–Kier alpha value is -2.44. The molecule has 1 amide bonds. The Labute approximate surface area is 112 Å². The predicted molar refractivity (Wildman–Crippen MR) is 66.2 cm³/mol. The first-order chi connectivity index (χ1) is 9.39. The number of alkyl halides is 3. The van der Waals surface area contributed by atoms with Gasteiger partial charge >= 0.3 is 6.18 Å². The molecule has 0 bridgehead atoms. The molecule has 0 atom stereocenters. The number of hydrogen-bond donors (Lipinski definition) is 1. The summed E-state index contributed by atoms with van der Waals surface area (Å²) in [5.74, 6) is -0.681. The zero-order valence-electron chi connectivity index (χ0n) is 10.4. The molecule has 2 aromatic rings. The highest BCUT2D eigenvalue weighted by Gasteiger charge is 2.33. The Morgan fingerprint density at radius 2 is 1.95 bits per heavy atom. The zero-order chi connectivity index (χ0) is 14.8. The number of hydrogen-bond acceptors (Lipinski definition) is 3. The minimum atomic E-state index is -4.54. The summed E-state index contributed by atoms with van der Waals surface area (Å²) in [6.07, 6.45) is -2.02. The lowest BCUT2D eigenvalue weighted by atomic mass is 10.1. The van der Waals surface area contributed by atoms with Crippen molar-refractivity contribution in [3.8, 4) is 0 Å². The smallest absolute Gasteiger partial charge is 0.321 e. The number of aromatic nitrogens is 2. The van der Waals surface area contributed by atoms with Gasteiger partial charge in [-0.25, -0.2) is 9.97 Å². The third-order valence-electron chi connectivity index (χ3n) is 2.64. The van der Waals surface area contributed by atoms with E-state index in [9.17, 15) is 18.0 Å². The van der Waals surface area contributed by atoms with Crippen molar-refractivity contribution in [2.24, 2.45) is 0 Å². The number of rotatable bonds is 2. The first-order valence-corrected chi connectivity index (χ1v) is 5.64. The van der Waals surface area contributed by atoms with Crippen LogP contribution in [-0.2, 0) is 6.18 Å². The highest BCUT2D eigenvalue weighted by molar-refractivity contribution is 6.05. The van der Waals surface area contributed by atoms with E-state index >= 15 is 0 Å². The Morgan fingerprint density at radius 1 is 1.25 bits per heavy atom. The van der Waals surface area contributed by atoms with E-state index in [0.29, 0.717) is 5.69 Å². The van der Waals surface area contributed by atoms with Crippen LogP contribution in [0.1, 0.15) is 21.6 Å². The van der Waals surface area contributed by atoms with Gasteiger partial charge in [0.05, 0.1) is 22.5 Å². The predicted octanol–water partition coefficient (Wildman–Crippen LogP) is 3.06. The second kappa shape index (κ2) is 5.28. The van der Waals surface area contributed by atoms with Gasteiger partial charge in [0.15, 0.2) is 0 Å². The fourth-order valence-electron chi connectivity index (χ4n) is 1.64. The summed E-state index contributed by atoms with van der Waals surface area (Å²) in [4.78, 5) is 19.5. The molecule has 0 saturated carbocycles. The van der Waals surface area contributed by atoms with Crippen molar-refractivity contribution >= 4 is 11.6 Å². The molecule has 1 heterocycles. The number of anilines is 1. The maximum atomic E-state index is 12.8. The Balaban J connectivity index is 2.32. The van der Waals surface area contributed by atoms with Gasteiger partial charge < -0.3 is 5.32 Å². The molecule has 0 spiro atoms. The van der Waals surface area contributed by atoms with Crippen LogP contribution in [0.2, 0.25) is 0 Å². The summed E-state index contributed by atoms with van der Waals surface area (Å²) in [5, 5.41) is 2.24. The molecule has 1 aromatic heterocycles. The number of amides is 1. The quantitative estimate of drug-likeness (QED) is 0.920. The van der Waals surface area contributed by atoms with Crippen LogP contribution >= 0.6 is 0 Å². The van der Waals surface area contributed by atoms with Gasteiger partial charge in [-0.2, -0.15) is 13.2 Å². The van der Waals surface area contributed by atoms with Gasteiger partial charge in [-0.3, -0.25) is 4.79 Å². The second-order valence-corrected chi connectivity index (χ2v) is 4.02. The average molecular weight is 281 g/mol. The van der Waals surface area contributed by atoms with Crippen LogP contribution < -0.4 is 5.32 Å². The number of halogens is 3. The minimum Gasteiger partial charge on any atom is -0.321 e. The van der Waals surface area contributed by atoms with E-state index in [1.54, 1.807) is 6.92 Å². The molecule has 4 nitrogen and oxygen atoms in total. The van der Waals surface area contributed by atoms with E-state index in [4.69, 9.17) is 0 Å². The number of benzene rings is 1. The Kier molecular flexibility index (Phi) is 3.69. The molecule has 0 unspecified atom stereocenters. The molecular weight excluding hydrogens is 271 g/mol. The first kappa shape index (κ1) is 14.0. The van der Waals surface area contributed by atoms with Crippen molar-refractivity contribution < 1.29 is 18.0 Å². The summed E-state index contributed by atoms with van der Waals surface area (Å²) in [6, 6.07) is 4.78. The average Bonchev–Trinajstić information content (AvgIpc) is 2.38. The molecule has 1 aromatic carbocycles. The summed E-state index contributed by atoms with van der Waals surface area (Å²) in [7, 11) is 0. The van der Waals surface area contributed by atoms with Gasteiger partial charge in [-0.1, -0.05) is 12.1 Å². The molecule has 0 saturated heterocycles. The van der Waals surface area contributed by atoms with E-state index in [0.717, 1.165) is 6.07 Å². The molecule has 1 N–H and O–H groups in total. The maximum absolute atomic E-state index is 12.8. The molecular formula is C13H10F3N3O. The van der Waals surface area contributed by atoms with Crippen LogP contribution in [0, 0.1) is 6.92 Å². The van der Waals surface area contributed by atoms with E-state index in [-0.39, 0.29) is 11.3 Å². The number of aryl methyl sites for hydroxylation is 1. The first-order valence-electron chi connectivity index (χ1n) is 5.64. The van der Waals surface area contributed by atoms with E-state index in [1.165, 1.54) is 30.7 Å². The van der Waals surface area contributed by atoms with Gasteiger partial charge in [0, 0.05) is 6.20 Å². The van der Waals surface area contributed by atoms with Crippen molar-refractivity contribution in [1.29, 1.82) is 0 Å². The fraction of sp³-hybridized carbons (Fsp3) is 0.154. The van der Waals surface area contributed by atoms with Crippen LogP contribution in [0.4, 0.5) is 18.9 Å². The van der Waals surface area contributed by atoms with E-state index in [1.807, 2.05) is 0 Å². The summed E-state index contributed by atoms with van der Waals surface area (Å²) in [5.41, 5.74) is -0.678. The highest BCUT2D eigenvalue weighted by atomic mass is 19.4. The van der Waals surface area contributed by atoms with Crippen LogP contribution in [0.3, 0.4) is 0 Å². The third kappa shape index (κ3) is 2.93. The molecule has 2 rings (SSSR count). The molecule has 0 aliphatic carbocycles. The largest absolute Gasteiger partial charge is 0.418 e. The van der Waals surface area contributed by atoms with Crippen molar-refractivity contribution in [3.05, 3.63) is 53.6 Å². The summed E-state index contributed by atoms with van der Waals surface area (Å²) >= 11 is 0. The Bertz CT molecular complexity index is 641. The van der Waals surface area contributed by atoms with Crippen LogP contribution in [0.15, 0.2) is 36.8 Å². The zero-order valence-corrected chi connectivity index (χ0v) is 10.4. The van der Waals surface area contributed by atoms with Crippen LogP contribution in [0.5, 0.6) is 0 Å². The van der Waals surface area contributed by atoms with Gasteiger partial charge in [-0.15, -0.1) is 0 Å². The highest BCUT2D eigenvalue weighted by Crippen LogP contribution is 2.34. The molecule has 104 valence electrons. The number of carbonyl (C=O) groups excluding carboxylic acids is 1. The van der Waals surface area contributed by atoms with Crippen molar-refractivity contribution in [3.63, 3.8) is 0 Å². The van der Waals surface area contributed by atoms with Gasteiger partial charge in [-0.05, 0) is 19.1 Å². The minimum absolute atomic E-state index is 0.129. The lowest BCUT2D eigenvalue weighted by Gasteiger charge is -2.13. The standard InChI is InChI=1S/C13H10F3N3O/c1-8-9(6-17-7-18-8)12(20)19-11-5-3-2-4-10(11)13(14,15)16/h2-7H,1H3,(H,19,20). The number of carbonyl (C=O) groups is 1. The molecule has 0 aliphatic rings. The maximum Gasteiger partial charge on any atom is 0.418 e. The topological polar surface area (TPSA) is 54.9 Å². The number of nitrogens with zero attached hydrogens (tertiary/aromatic N) is 2. The number of nitrogens with one attached hydrogen (secondary N) is 1. The molecule has 0 radical (unpaired) electrons. The lowest BCUT2D eigenvalue weighted by molar-refractivity contribution is -0.136. The molecule has 7 heteroatoms. The number of para-hydroxylation sites is 1. The van der Waals surface area contributed by atoms with Crippen molar-refractivity contribution in [1.82, 2.24) is 9.97 Å². The van der Waals surface area contributed by atoms with Crippen molar-refractivity contribution in [2.75, 3.05) is 5.32 Å². The van der Waals surface area contributed by atoms with Gasteiger partial charge in [0.25, 0.3) is 5.91 Å². The summed E-state index contributed by atoms with van der Waals surface area (Å²) in [6.45, 7) is 1.58. The van der Waals surface area contributed by atoms with Crippen LogP contribution in [0.25, 0.3) is 0 Å². The lowest BCUT2D eigenvalue weighted by Crippen LogP contribution is -2.18. The van der Waals surface area contributed by atoms with Gasteiger partial charge in [0.2, 0.25) is 0 Å². The SMILES string of the molecule is Cc1ncncc1C(=O)Nc1ccccc1C(F)(F)F. The summed E-state index contributed by atoms with van der Waals surface area (Å²) < 4.78 is 38.4. The molecule has 0 aliphatic heterocycles. The Morgan fingerprint density at radius 3 is 2.60 bits per heavy atom.